The smallest absolute Gasteiger partial charge is 0.337 e. The number of likely N-dealkylation sites (N-methyl/N-ethyl adjacent to an activating group) is 1. The van der Waals surface area contributed by atoms with Gasteiger partial charge in [0.1, 0.15) is 0 Å². The summed E-state index contributed by atoms with van der Waals surface area (Å²) >= 11 is 0. The summed E-state index contributed by atoms with van der Waals surface area (Å²) < 4.78 is 7.26. The van der Waals surface area contributed by atoms with Crippen molar-refractivity contribution >= 4 is 28.9 Å². The van der Waals surface area contributed by atoms with Crippen LogP contribution in [0.1, 0.15) is 59.5 Å². The van der Waals surface area contributed by atoms with E-state index in [4.69, 9.17) is 4.74 Å². The molecule has 1 saturated carbocycles. The fourth-order valence-corrected chi connectivity index (χ4v) is 5.54. The van der Waals surface area contributed by atoms with Crippen LogP contribution in [-0.4, -0.2) is 42.5 Å². The first-order valence-electron chi connectivity index (χ1n) is 11.8. The largest absolute Gasteiger partial charge is 0.465 e. The molecule has 1 aliphatic heterocycles. The highest BCUT2D eigenvalue weighted by Gasteiger charge is 2.30. The van der Waals surface area contributed by atoms with Crippen molar-refractivity contribution in [3.8, 4) is 11.3 Å². The zero-order valence-electron chi connectivity index (χ0n) is 19.6. The van der Waals surface area contributed by atoms with E-state index in [1.807, 2.05) is 24.3 Å². The molecule has 5 heteroatoms. The first-order chi connectivity index (χ1) is 16.0. The first kappa shape index (κ1) is 21.5. The number of rotatable bonds is 3. The van der Waals surface area contributed by atoms with E-state index >= 15 is 0 Å². The molecule has 0 saturated heterocycles. The molecule has 0 unspecified atom stereocenters. The average molecular weight is 443 g/mol. The van der Waals surface area contributed by atoms with Crippen LogP contribution in [0.5, 0.6) is 0 Å². The molecule has 0 spiro atoms. The zero-order valence-corrected chi connectivity index (χ0v) is 19.6. The number of nitrogens with zero attached hydrogens (tertiary/aromatic N) is 2. The highest BCUT2D eigenvalue weighted by Crippen LogP contribution is 2.46. The van der Waals surface area contributed by atoms with Crippen LogP contribution in [0.4, 0.5) is 0 Å². The number of fused-ring (bicyclic) bond motifs is 5. The molecule has 5 rings (SSSR count). The maximum atomic E-state index is 13.1. The van der Waals surface area contributed by atoms with Crippen LogP contribution in [0.3, 0.4) is 0 Å². The van der Waals surface area contributed by atoms with Gasteiger partial charge >= 0.3 is 5.97 Å². The summed E-state index contributed by atoms with van der Waals surface area (Å²) in [7, 11) is 4.99. The minimum absolute atomic E-state index is 0.00263. The van der Waals surface area contributed by atoms with Gasteiger partial charge in [-0.3, -0.25) is 4.79 Å². The average Bonchev–Trinajstić information content (AvgIpc) is 3.05. The second-order valence-electron chi connectivity index (χ2n) is 9.36. The van der Waals surface area contributed by atoms with E-state index in [2.05, 4.69) is 28.8 Å². The van der Waals surface area contributed by atoms with Crippen molar-refractivity contribution in [1.29, 1.82) is 0 Å². The number of methoxy groups -OCH3 is 1. The fraction of sp³-hybridized carbons (Fsp3) is 0.357. The lowest BCUT2D eigenvalue weighted by atomic mass is 9.81. The van der Waals surface area contributed by atoms with Gasteiger partial charge < -0.3 is 14.2 Å². The van der Waals surface area contributed by atoms with Crippen molar-refractivity contribution in [3.05, 3.63) is 64.7 Å². The van der Waals surface area contributed by atoms with Gasteiger partial charge in [-0.1, -0.05) is 49.6 Å². The molecular formula is C28H30N2O3. The van der Waals surface area contributed by atoms with Crippen LogP contribution in [0, 0.1) is 0 Å². The molecule has 5 nitrogen and oxygen atoms in total. The Hall–Kier alpha value is -3.34. The summed E-state index contributed by atoms with van der Waals surface area (Å²) in [5.74, 6) is 0.129. The first-order valence-corrected chi connectivity index (χ1v) is 11.8. The van der Waals surface area contributed by atoms with Gasteiger partial charge in [0.2, 0.25) is 0 Å². The molecule has 33 heavy (non-hydrogen) atoms. The highest BCUT2D eigenvalue weighted by atomic mass is 16.5. The Bertz CT molecular complexity index is 1280. The highest BCUT2D eigenvalue weighted by molar-refractivity contribution is 6.03. The Morgan fingerprint density at radius 3 is 2.52 bits per heavy atom. The van der Waals surface area contributed by atoms with Gasteiger partial charge in [0.05, 0.1) is 24.9 Å². The number of aromatic nitrogens is 1. The van der Waals surface area contributed by atoms with Gasteiger partial charge in [0.25, 0.3) is 5.91 Å². The van der Waals surface area contributed by atoms with Crippen molar-refractivity contribution < 1.29 is 14.3 Å². The molecule has 170 valence electrons. The van der Waals surface area contributed by atoms with Crippen LogP contribution in [0.2, 0.25) is 0 Å². The second kappa shape index (κ2) is 8.54. The fourth-order valence-electron chi connectivity index (χ4n) is 5.54. The molecule has 0 N–H and O–H groups in total. The van der Waals surface area contributed by atoms with Crippen molar-refractivity contribution in [3.63, 3.8) is 0 Å². The third-order valence-electron chi connectivity index (χ3n) is 7.09. The topological polar surface area (TPSA) is 51.5 Å². The minimum Gasteiger partial charge on any atom is -0.465 e. The molecule has 2 heterocycles. The Balaban J connectivity index is 1.83. The minimum atomic E-state index is -0.346. The predicted octanol–water partition coefficient (Wildman–Crippen LogP) is 5.63. The Labute approximate surface area is 194 Å². The third-order valence-corrected chi connectivity index (χ3v) is 7.09. The molecule has 0 radical (unpaired) electrons. The van der Waals surface area contributed by atoms with E-state index in [1.165, 1.54) is 55.9 Å². The van der Waals surface area contributed by atoms with Crippen LogP contribution in [-0.2, 0) is 16.1 Å². The number of hydrogen-bond acceptors (Lipinski definition) is 3. The Morgan fingerprint density at radius 2 is 1.79 bits per heavy atom. The van der Waals surface area contributed by atoms with Gasteiger partial charge in [-0.25, -0.2) is 4.79 Å². The van der Waals surface area contributed by atoms with Crippen LogP contribution >= 0.6 is 0 Å². The predicted molar refractivity (Wildman–Crippen MR) is 131 cm³/mol. The molecule has 1 amide bonds. The molecule has 3 aromatic rings. The number of ether oxygens (including phenoxy) is 1. The molecule has 0 bridgehead atoms. The van der Waals surface area contributed by atoms with E-state index in [-0.39, 0.29) is 11.9 Å². The summed E-state index contributed by atoms with van der Waals surface area (Å²) in [5.41, 5.74) is 7.02. The van der Waals surface area contributed by atoms with Gasteiger partial charge in [0, 0.05) is 36.1 Å². The van der Waals surface area contributed by atoms with Gasteiger partial charge in [-0.15, -0.1) is 0 Å². The maximum Gasteiger partial charge on any atom is 0.337 e. The summed E-state index contributed by atoms with van der Waals surface area (Å²) in [4.78, 5) is 27.1. The van der Waals surface area contributed by atoms with E-state index in [0.717, 1.165) is 22.2 Å². The van der Waals surface area contributed by atoms with Crippen molar-refractivity contribution in [1.82, 2.24) is 9.47 Å². The van der Waals surface area contributed by atoms with Gasteiger partial charge in [-0.2, -0.15) is 0 Å². The number of hydrogen-bond donors (Lipinski definition) is 0. The lowest BCUT2D eigenvalue weighted by Crippen LogP contribution is -2.25. The summed E-state index contributed by atoms with van der Waals surface area (Å²) in [6.07, 6.45) is 8.14. The van der Waals surface area contributed by atoms with Crippen molar-refractivity contribution in [2.75, 3.05) is 21.2 Å². The van der Waals surface area contributed by atoms with Crippen LogP contribution in [0.25, 0.3) is 28.2 Å². The van der Waals surface area contributed by atoms with Crippen molar-refractivity contribution in [2.24, 2.45) is 0 Å². The van der Waals surface area contributed by atoms with E-state index in [1.54, 1.807) is 19.0 Å². The maximum absolute atomic E-state index is 13.1. The van der Waals surface area contributed by atoms with E-state index < -0.39 is 0 Å². The number of esters is 1. The van der Waals surface area contributed by atoms with Gasteiger partial charge in [0.15, 0.2) is 0 Å². The monoisotopic (exact) mass is 442 g/mol. The SMILES string of the molecule is COC(=O)c1ccc2c(C3CCCCC3)c3n(c2c1)CC(C(=O)N(C)C)=Cc1ccccc1-3. The summed E-state index contributed by atoms with van der Waals surface area (Å²) in [6, 6.07) is 14.2. The van der Waals surface area contributed by atoms with Gasteiger partial charge in [-0.05, 0) is 48.1 Å². The van der Waals surface area contributed by atoms with E-state index in [0.29, 0.717) is 18.0 Å². The Kier molecular flexibility index (Phi) is 5.57. The molecule has 1 aromatic heterocycles. The molecule has 0 atom stereocenters. The molecule has 1 fully saturated rings. The zero-order chi connectivity index (χ0) is 23.1. The normalized spacial score (nSPS) is 15.9. The molecule has 2 aliphatic rings. The molecule has 2 aromatic carbocycles. The van der Waals surface area contributed by atoms with E-state index in [9.17, 15) is 9.59 Å². The van der Waals surface area contributed by atoms with Crippen molar-refractivity contribution in [2.45, 2.75) is 44.6 Å². The summed E-state index contributed by atoms with van der Waals surface area (Å²) in [5, 5.41) is 1.18. The van der Waals surface area contributed by atoms with Crippen LogP contribution in [0.15, 0.2) is 48.0 Å². The second-order valence-corrected chi connectivity index (χ2v) is 9.36. The lowest BCUT2D eigenvalue weighted by molar-refractivity contribution is -0.124. The lowest BCUT2D eigenvalue weighted by Gasteiger charge is -2.24. The molecule has 1 aliphatic carbocycles. The number of benzene rings is 2. The Morgan fingerprint density at radius 1 is 1.03 bits per heavy atom. The summed E-state index contributed by atoms with van der Waals surface area (Å²) in [6.45, 7) is 0.467. The number of carbonyl (C=O) groups is 2. The standard InChI is InChI=1S/C28H30N2O3/c1-29(2)27(31)21-15-19-11-7-8-12-22(19)26-25(18-9-5-4-6-10-18)23-14-13-20(28(32)33-3)16-24(23)30(26)17-21/h7-8,11-16,18H,4-6,9-10,17H2,1-3H3. The number of amides is 1. The van der Waals surface area contributed by atoms with Crippen LogP contribution < -0.4 is 0 Å². The third kappa shape index (κ3) is 3.65. The molecular weight excluding hydrogens is 412 g/mol. The number of carbonyl (C=O) groups excluding carboxylic acids is 2. The quantitative estimate of drug-likeness (QED) is 0.494.